The third-order valence-electron chi connectivity index (χ3n) is 2.93. The molecule has 1 saturated carbocycles. The fourth-order valence-corrected chi connectivity index (χ4v) is 2.93. The summed E-state index contributed by atoms with van der Waals surface area (Å²) in [5.74, 6) is 0.732. The van der Waals surface area contributed by atoms with Gasteiger partial charge in [0, 0.05) is 13.0 Å². The van der Waals surface area contributed by atoms with Crippen LogP contribution in [0.1, 0.15) is 43.7 Å². The van der Waals surface area contributed by atoms with Crippen molar-refractivity contribution in [2.24, 2.45) is 7.05 Å². The van der Waals surface area contributed by atoms with Crippen LogP contribution in [0, 0.1) is 0 Å². The molecule has 1 fully saturated rings. The van der Waals surface area contributed by atoms with Gasteiger partial charge in [-0.1, -0.05) is 19.3 Å². The zero-order chi connectivity index (χ0) is 9.26. The van der Waals surface area contributed by atoms with Gasteiger partial charge >= 0.3 is 0 Å². The van der Waals surface area contributed by atoms with E-state index in [2.05, 4.69) is 21.0 Å². The van der Waals surface area contributed by atoms with Crippen molar-refractivity contribution in [3.63, 3.8) is 0 Å². The van der Waals surface area contributed by atoms with Gasteiger partial charge in [0.25, 0.3) is 0 Å². The van der Waals surface area contributed by atoms with Gasteiger partial charge in [-0.25, -0.2) is 0 Å². The molecule has 2 nitrogen and oxygen atoms in total. The fourth-order valence-electron chi connectivity index (χ4n) is 2.26. The molecule has 0 radical (unpaired) electrons. The number of aryl methyl sites for hydroxylation is 1. The van der Waals surface area contributed by atoms with E-state index in [-0.39, 0.29) is 0 Å². The zero-order valence-electron chi connectivity index (χ0n) is 7.96. The summed E-state index contributed by atoms with van der Waals surface area (Å²) in [5, 5.41) is 4.26. The van der Waals surface area contributed by atoms with E-state index in [1.54, 1.807) is 0 Å². The molecule has 1 aliphatic rings. The third kappa shape index (κ3) is 1.80. The van der Waals surface area contributed by atoms with Crippen molar-refractivity contribution in [1.29, 1.82) is 0 Å². The van der Waals surface area contributed by atoms with Crippen molar-refractivity contribution in [3.8, 4) is 0 Å². The smallest absolute Gasteiger partial charge is 0.0635 e. The molecule has 1 aromatic rings. The predicted molar refractivity (Wildman–Crippen MR) is 56.7 cm³/mol. The Balaban J connectivity index is 2.22. The van der Waals surface area contributed by atoms with E-state index in [1.165, 1.54) is 42.3 Å². The number of aromatic nitrogens is 2. The van der Waals surface area contributed by atoms with Gasteiger partial charge in [0.2, 0.25) is 0 Å². The van der Waals surface area contributed by atoms with Crippen LogP contribution in [-0.2, 0) is 7.05 Å². The van der Waals surface area contributed by atoms with Crippen molar-refractivity contribution in [2.75, 3.05) is 0 Å². The van der Waals surface area contributed by atoms with Gasteiger partial charge in [-0.2, -0.15) is 5.10 Å². The summed E-state index contributed by atoms with van der Waals surface area (Å²) in [5.41, 5.74) is 1.39. The molecule has 72 valence electrons. The van der Waals surface area contributed by atoms with Gasteiger partial charge < -0.3 is 0 Å². The summed E-state index contributed by atoms with van der Waals surface area (Å²) in [4.78, 5) is 0. The van der Waals surface area contributed by atoms with Crippen LogP contribution in [0.15, 0.2) is 10.7 Å². The molecule has 0 spiro atoms. The van der Waals surface area contributed by atoms with Gasteiger partial charge in [-0.05, 0) is 28.8 Å². The van der Waals surface area contributed by atoms with Crippen LogP contribution >= 0.6 is 15.9 Å². The van der Waals surface area contributed by atoms with E-state index >= 15 is 0 Å². The highest BCUT2D eigenvalue weighted by Crippen LogP contribution is 2.35. The molecule has 13 heavy (non-hydrogen) atoms. The molecule has 1 aliphatic carbocycles. The maximum absolute atomic E-state index is 4.26. The lowest BCUT2D eigenvalue weighted by Gasteiger charge is -2.22. The molecule has 1 aromatic heterocycles. The van der Waals surface area contributed by atoms with E-state index in [1.807, 2.05) is 17.9 Å². The lowest BCUT2D eigenvalue weighted by Crippen LogP contribution is -2.09. The average molecular weight is 243 g/mol. The van der Waals surface area contributed by atoms with Crippen molar-refractivity contribution in [1.82, 2.24) is 9.78 Å². The molecule has 0 saturated heterocycles. The molecule has 0 aliphatic heterocycles. The summed E-state index contributed by atoms with van der Waals surface area (Å²) < 4.78 is 3.20. The Morgan fingerprint density at radius 1 is 1.38 bits per heavy atom. The maximum atomic E-state index is 4.26. The normalized spacial score (nSPS) is 19.2. The first kappa shape index (κ1) is 9.25. The summed E-state index contributed by atoms with van der Waals surface area (Å²) in [6, 6.07) is 0. The van der Waals surface area contributed by atoms with Crippen LogP contribution in [0.4, 0.5) is 0 Å². The largest absolute Gasteiger partial charge is 0.271 e. The van der Waals surface area contributed by atoms with Crippen molar-refractivity contribution >= 4 is 15.9 Å². The Labute approximate surface area is 87.5 Å². The van der Waals surface area contributed by atoms with Gasteiger partial charge in [0.15, 0.2) is 0 Å². The van der Waals surface area contributed by atoms with Crippen LogP contribution in [0.2, 0.25) is 0 Å². The van der Waals surface area contributed by atoms with Crippen molar-refractivity contribution < 1.29 is 0 Å². The Hall–Kier alpha value is -0.310. The van der Waals surface area contributed by atoms with E-state index in [9.17, 15) is 0 Å². The molecule has 2 rings (SSSR count). The molecule has 3 heteroatoms. The van der Waals surface area contributed by atoms with Gasteiger partial charge in [-0.15, -0.1) is 0 Å². The lowest BCUT2D eigenvalue weighted by atomic mass is 9.87. The molecular weight excluding hydrogens is 228 g/mol. The molecule has 0 N–H and O–H groups in total. The predicted octanol–water partition coefficient (Wildman–Crippen LogP) is 3.23. The molecule has 0 aromatic carbocycles. The van der Waals surface area contributed by atoms with Crippen LogP contribution in [0.5, 0.6) is 0 Å². The van der Waals surface area contributed by atoms with E-state index in [0.29, 0.717) is 0 Å². The molecular formula is C10H15BrN2. The quantitative estimate of drug-likeness (QED) is 0.740. The summed E-state index contributed by atoms with van der Waals surface area (Å²) in [6.45, 7) is 0. The second-order valence-electron chi connectivity index (χ2n) is 3.84. The van der Waals surface area contributed by atoms with Crippen molar-refractivity contribution in [3.05, 3.63) is 16.4 Å². The number of rotatable bonds is 1. The Kier molecular flexibility index (Phi) is 2.72. The monoisotopic (exact) mass is 242 g/mol. The SMILES string of the molecule is Cn1ncc(Br)c1C1CCCCC1. The topological polar surface area (TPSA) is 17.8 Å². The Morgan fingerprint density at radius 2 is 2.08 bits per heavy atom. The summed E-state index contributed by atoms with van der Waals surface area (Å²) in [7, 11) is 2.04. The number of halogens is 1. The van der Waals surface area contributed by atoms with Gasteiger partial charge in [0.1, 0.15) is 0 Å². The summed E-state index contributed by atoms with van der Waals surface area (Å²) in [6.07, 6.45) is 8.73. The molecule has 0 unspecified atom stereocenters. The number of hydrogen-bond donors (Lipinski definition) is 0. The molecule has 1 heterocycles. The molecule has 0 amide bonds. The van der Waals surface area contributed by atoms with E-state index in [4.69, 9.17) is 0 Å². The highest BCUT2D eigenvalue weighted by molar-refractivity contribution is 9.10. The minimum Gasteiger partial charge on any atom is -0.271 e. The fraction of sp³-hybridized carbons (Fsp3) is 0.700. The molecule has 0 bridgehead atoms. The first-order valence-corrected chi connectivity index (χ1v) is 5.75. The zero-order valence-corrected chi connectivity index (χ0v) is 9.55. The van der Waals surface area contributed by atoms with Crippen LogP contribution in [0.3, 0.4) is 0 Å². The number of nitrogens with zero attached hydrogens (tertiary/aromatic N) is 2. The minimum absolute atomic E-state index is 0.732. The minimum atomic E-state index is 0.732. The van der Waals surface area contributed by atoms with Gasteiger partial charge in [0.05, 0.1) is 16.4 Å². The van der Waals surface area contributed by atoms with Crippen LogP contribution < -0.4 is 0 Å². The lowest BCUT2D eigenvalue weighted by molar-refractivity contribution is 0.423. The second-order valence-corrected chi connectivity index (χ2v) is 4.69. The van der Waals surface area contributed by atoms with E-state index < -0.39 is 0 Å². The standard InChI is InChI=1S/C10H15BrN2/c1-13-10(9(11)7-12-13)8-5-3-2-4-6-8/h7-8H,2-6H2,1H3. The number of hydrogen-bond acceptors (Lipinski definition) is 1. The average Bonchev–Trinajstić information content (AvgIpc) is 2.48. The third-order valence-corrected chi connectivity index (χ3v) is 3.54. The Bertz CT molecular complexity index is 268. The van der Waals surface area contributed by atoms with Crippen LogP contribution in [-0.4, -0.2) is 9.78 Å². The second kappa shape index (κ2) is 3.82. The molecule has 0 atom stereocenters. The maximum Gasteiger partial charge on any atom is 0.0635 e. The summed E-state index contributed by atoms with van der Waals surface area (Å²) >= 11 is 3.57. The first-order chi connectivity index (χ1) is 6.29. The Morgan fingerprint density at radius 3 is 2.62 bits per heavy atom. The van der Waals surface area contributed by atoms with Crippen molar-refractivity contribution in [2.45, 2.75) is 38.0 Å². The van der Waals surface area contributed by atoms with Crippen LogP contribution in [0.25, 0.3) is 0 Å². The highest BCUT2D eigenvalue weighted by atomic mass is 79.9. The first-order valence-electron chi connectivity index (χ1n) is 4.96. The van der Waals surface area contributed by atoms with Gasteiger partial charge in [-0.3, -0.25) is 4.68 Å². The van der Waals surface area contributed by atoms with E-state index in [0.717, 1.165) is 5.92 Å². The highest BCUT2D eigenvalue weighted by Gasteiger charge is 2.20.